The van der Waals surface area contributed by atoms with E-state index in [0.717, 1.165) is 5.56 Å². The van der Waals surface area contributed by atoms with Gasteiger partial charge in [-0.2, -0.15) is 0 Å². The second-order valence-corrected chi connectivity index (χ2v) is 2.13. The first-order valence-corrected chi connectivity index (χ1v) is 3.07. The Bertz CT molecular complexity index is 172. The second kappa shape index (κ2) is 5.36. The predicted molar refractivity (Wildman–Crippen MR) is 39.2 cm³/mol. The van der Waals surface area contributed by atoms with Crippen LogP contribution in [0.5, 0.6) is 0 Å². The van der Waals surface area contributed by atoms with Gasteiger partial charge in [0, 0.05) is 46.9 Å². The molecule has 10 heavy (non-hydrogen) atoms. The monoisotopic (exact) mass is 294 g/mol. The summed E-state index contributed by atoms with van der Waals surface area (Å²) in [6, 6.07) is 9.73. The van der Waals surface area contributed by atoms with Gasteiger partial charge in [0.2, 0.25) is 0 Å². The van der Waals surface area contributed by atoms with Gasteiger partial charge < -0.3 is 5.73 Å². The summed E-state index contributed by atoms with van der Waals surface area (Å²) in [6.07, 6.45) is 0. The van der Waals surface area contributed by atoms with Crippen molar-refractivity contribution in [2.24, 2.45) is 0 Å². The average Bonchev–Trinajstić information content (AvgIpc) is 1.90. The molecule has 0 saturated carbocycles. The number of benzene rings is 1. The first kappa shape index (κ1) is 10.7. The number of hydrogen-bond donors (Lipinski definition) is 0. The fourth-order valence-corrected chi connectivity index (χ4v) is 0.742. The Balaban J connectivity index is 0.000000810. The van der Waals surface area contributed by atoms with Crippen LogP contribution in [0.2, 0.25) is 0 Å². The van der Waals surface area contributed by atoms with Crippen LogP contribution in [-0.2, 0) is 0 Å². The molecule has 62 valence electrons. The third-order valence-electron chi connectivity index (χ3n) is 1.30. The van der Waals surface area contributed by atoms with E-state index >= 15 is 0 Å². The van der Waals surface area contributed by atoms with Crippen molar-refractivity contribution < 1.29 is 46.9 Å². The molecular weight excluding hydrogens is 283 g/mol. The summed E-state index contributed by atoms with van der Waals surface area (Å²) in [5.41, 5.74) is 8.40. The molecule has 0 aliphatic carbocycles. The van der Waals surface area contributed by atoms with Crippen LogP contribution in [0.4, 0.5) is 0 Å². The molecule has 1 aromatic rings. The van der Waals surface area contributed by atoms with Crippen molar-refractivity contribution in [1.82, 2.24) is 0 Å². The summed E-state index contributed by atoms with van der Waals surface area (Å²) in [6.45, 7) is 1.87. The number of rotatable bonds is 1. The van der Waals surface area contributed by atoms with Gasteiger partial charge in [-0.3, -0.25) is 0 Å². The van der Waals surface area contributed by atoms with Gasteiger partial charge in [0.25, 0.3) is 0 Å². The van der Waals surface area contributed by atoms with Crippen LogP contribution in [0, 0.1) is 46.9 Å². The van der Waals surface area contributed by atoms with Crippen molar-refractivity contribution in [3.63, 3.8) is 0 Å². The van der Waals surface area contributed by atoms with Crippen LogP contribution < -0.4 is 0 Å². The summed E-state index contributed by atoms with van der Waals surface area (Å²) in [5, 5.41) is 0. The summed E-state index contributed by atoms with van der Waals surface area (Å²) in [5.74, 6) is 0. The molecule has 1 N–H and O–H groups in total. The van der Waals surface area contributed by atoms with Crippen LogP contribution in [-0.4, -0.2) is 0 Å². The zero-order valence-corrected chi connectivity index (χ0v) is 7.45. The van der Waals surface area contributed by atoms with Crippen molar-refractivity contribution >= 4 is 0 Å². The van der Waals surface area contributed by atoms with Crippen molar-refractivity contribution in [2.45, 2.75) is 13.0 Å². The zero-order chi connectivity index (χ0) is 6.69. The number of hydrogen-bond acceptors (Lipinski definition) is 0. The SMILES string of the molecule is CC([NH-])c1ccccc1.[Yb]. The molecule has 1 aromatic carbocycles. The number of nitrogens with one attached hydrogen (secondary N) is 1. The molecular formula is C8H10NYb-. The van der Waals surface area contributed by atoms with Gasteiger partial charge in [-0.05, 0) is 0 Å². The second-order valence-electron chi connectivity index (χ2n) is 2.13. The third-order valence-corrected chi connectivity index (χ3v) is 1.30. The van der Waals surface area contributed by atoms with E-state index in [4.69, 9.17) is 5.73 Å². The van der Waals surface area contributed by atoms with Gasteiger partial charge in [-0.15, -0.1) is 6.04 Å². The minimum absolute atomic E-state index is 0. The van der Waals surface area contributed by atoms with Gasteiger partial charge >= 0.3 is 0 Å². The molecule has 0 fully saturated rings. The Kier molecular flexibility index (Phi) is 5.74. The van der Waals surface area contributed by atoms with E-state index < -0.39 is 0 Å². The van der Waals surface area contributed by atoms with Crippen LogP contribution >= 0.6 is 0 Å². The van der Waals surface area contributed by atoms with E-state index in [1.807, 2.05) is 37.3 Å². The molecule has 2 heteroatoms. The van der Waals surface area contributed by atoms with Crippen molar-refractivity contribution in [1.29, 1.82) is 0 Å². The maximum atomic E-state index is 7.32. The average molecular weight is 293 g/mol. The van der Waals surface area contributed by atoms with Crippen LogP contribution in [0.1, 0.15) is 18.5 Å². The maximum Gasteiger partial charge on any atom is 0 e. The first-order valence-electron chi connectivity index (χ1n) is 3.07. The summed E-state index contributed by atoms with van der Waals surface area (Å²) >= 11 is 0. The topological polar surface area (TPSA) is 23.8 Å². The van der Waals surface area contributed by atoms with Crippen molar-refractivity contribution in [3.8, 4) is 0 Å². The molecule has 1 nitrogen and oxygen atoms in total. The van der Waals surface area contributed by atoms with Gasteiger partial charge in [-0.25, -0.2) is 0 Å². The minimum Gasteiger partial charge on any atom is -0.671 e. The maximum absolute atomic E-state index is 7.32. The molecule has 0 heterocycles. The third kappa shape index (κ3) is 3.20. The largest absolute Gasteiger partial charge is 0.671 e. The molecule has 0 bridgehead atoms. The van der Waals surface area contributed by atoms with E-state index in [1.165, 1.54) is 0 Å². The summed E-state index contributed by atoms with van der Waals surface area (Å²) < 4.78 is 0. The molecule has 1 unspecified atom stereocenters. The molecule has 0 spiro atoms. The molecule has 1 atom stereocenters. The standard InChI is InChI=1S/C8H10N.Yb/c1-7(9)8-5-3-2-4-6-8;/h2-7,9H,1H3;/q-1;. The Labute approximate surface area is 100 Å². The Morgan fingerprint density at radius 3 is 2.00 bits per heavy atom. The van der Waals surface area contributed by atoms with Gasteiger partial charge in [-0.1, -0.05) is 42.8 Å². The first-order chi connectivity index (χ1) is 4.30. The normalized spacial score (nSPS) is 11.8. The Hall–Kier alpha value is 0.699. The smallest absolute Gasteiger partial charge is 0 e. The molecule has 0 aromatic heterocycles. The molecule has 0 amide bonds. The van der Waals surface area contributed by atoms with E-state index in [2.05, 4.69) is 0 Å². The molecule has 1 rings (SSSR count). The molecule has 0 aliphatic rings. The van der Waals surface area contributed by atoms with Crippen LogP contribution in [0.3, 0.4) is 0 Å². The van der Waals surface area contributed by atoms with E-state index in [1.54, 1.807) is 0 Å². The summed E-state index contributed by atoms with van der Waals surface area (Å²) in [7, 11) is 0. The zero-order valence-electron chi connectivity index (χ0n) is 5.73. The fraction of sp³-hybridized carbons (Fsp3) is 0.250. The van der Waals surface area contributed by atoms with Crippen molar-refractivity contribution in [2.75, 3.05) is 0 Å². The van der Waals surface area contributed by atoms with E-state index in [0.29, 0.717) is 0 Å². The van der Waals surface area contributed by atoms with Crippen LogP contribution in [0.15, 0.2) is 30.3 Å². The quantitative estimate of drug-likeness (QED) is 0.760. The Morgan fingerprint density at radius 2 is 1.70 bits per heavy atom. The van der Waals surface area contributed by atoms with Gasteiger partial charge in [0.05, 0.1) is 0 Å². The predicted octanol–water partition coefficient (Wildman–Crippen LogP) is 2.80. The van der Waals surface area contributed by atoms with E-state index in [-0.39, 0.29) is 53.0 Å². The van der Waals surface area contributed by atoms with Crippen LogP contribution in [0.25, 0.3) is 5.73 Å². The van der Waals surface area contributed by atoms with E-state index in [9.17, 15) is 0 Å². The van der Waals surface area contributed by atoms with Gasteiger partial charge in [0.15, 0.2) is 0 Å². The van der Waals surface area contributed by atoms with Crippen molar-refractivity contribution in [3.05, 3.63) is 41.6 Å². The minimum atomic E-state index is -0.0915. The molecule has 0 saturated heterocycles. The molecule has 0 aliphatic heterocycles. The summed E-state index contributed by atoms with van der Waals surface area (Å²) in [4.78, 5) is 0. The molecule has 0 radical (unpaired) electrons. The Morgan fingerprint density at radius 1 is 1.20 bits per heavy atom. The van der Waals surface area contributed by atoms with Gasteiger partial charge in [0.1, 0.15) is 0 Å². The fourth-order valence-electron chi connectivity index (χ4n) is 0.742.